The third-order valence-electron chi connectivity index (χ3n) is 2.01. The highest BCUT2D eigenvalue weighted by Crippen LogP contribution is 1.97. The molecule has 0 fully saturated rings. The van der Waals surface area contributed by atoms with E-state index >= 15 is 0 Å². The Morgan fingerprint density at radius 3 is 2.87 bits per heavy atom. The molecule has 0 aliphatic rings. The van der Waals surface area contributed by atoms with E-state index in [0.29, 0.717) is 19.4 Å². The third-order valence-corrected chi connectivity index (χ3v) is 2.01. The van der Waals surface area contributed by atoms with Crippen LogP contribution in [-0.4, -0.2) is 31.7 Å². The van der Waals surface area contributed by atoms with Crippen molar-refractivity contribution >= 4 is 5.91 Å². The largest absolute Gasteiger partial charge is 0.385 e. The number of rotatable bonds is 7. The zero-order chi connectivity index (χ0) is 11.7. The predicted molar refractivity (Wildman–Crippen MR) is 60.1 cm³/mol. The van der Waals surface area contributed by atoms with Crippen LogP contribution in [0, 0.1) is 12.3 Å². The van der Waals surface area contributed by atoms with E-state index in [-0.39, 0.29) is 11.9 Å². The van der Waals surface area contributed by atoms with Crippen LogP contribution in [0.4, 0.5) is 0 Å². The summed E-state index contributed by atoms with van der Waals surface area (Å²) < 4.78 is 4.88. The summed E-state index contributed by atoms with van der Waals surface area (Å²) in [5.74, 6) is 2.34. The van der Waals surface area contributed by atoms with Gasteiger partial charge in [-0.25, -0.2) is 0 Å². The van der Waals surface area contributed by atoms with Crippen LogP contribution in [0.2, 0.25) is 0 Å². The summed E-state index contributed by atoms with van der Waals surface area (Å²) >= 11 is 0. The molecule has 2 atom stereocenters. The molecule has 0 aromatic rings. The number of ether oxygens (including phenoxy) is 1. The number of amides is 1. The number of nitrogens with one attached hydrogen (secondary N) is 1. The summed E-state index contributed by atoms with van der Waals surface area (Å²) in [6, 6.07) is -0.489. The highest BCUT2D eigenvalue weighted by Gasteiger charge is 2.14. The van der Waals surface area contributed by atoms with Gasteiger partial charge in [0, 0.05) is 26.2 Å². The molecule has 1 amide bonds. The van der Waals surface area contributed by atoms with Crippen LogP contribution in [-0.2, 0) is 9.53 Å². The van der Waals surface area contributed by atoms with E-state index in [9.17, 15) is 4.79 Å². The van der Waals surface area contributed by atoms with E-state index in [1.54, 1.807) is 7.11 Å². The molecule has 0 aromatic heterocycles. The number of nitrogens with two attached hydrogens (primary N) is 1. The van der Waals surface area contributed by atoms with Gasteiger partial charge in [-0.2, -0.15) is 0 Å². The van der Waals surface area contributed by atoms with E-state index in [4.69, 9.17) is 16.9 Å². The number of carbonyl (C=O) groups is 1. The Kier molecular flexibility index (Phi) is 7.69. The summed E-state index contributed by atoms with van der Waals surface area (Å²) in [4.78, 5) is 11.5. The zero-order valence-corrected chi connectivity index (χ0v) is 9.45. The molecule has 0 bridgehead atoms. The topological polar surface area (TPSA) is 64.4 Å². The summed E-state index contributed by atoms with van der Waals surface area (Å²) in [6.07, 6.45) is 7.07. The maximum absolute atomic E-state index is 11.5. The first-order valence-electron chi connectivity index (χ1n) is 5.10. The smallest absolute Gasteiger partial charge is 0.237 e. The van der Waals surface area contributed by atoms with Crippen molar-refractivity contribution in [1.82, 2.24) is 5.32 Å². The van der Waals surface area contributed by atoms with Gasteiger partial charge in [-0.05, 0) is 19.8 Å². The Bertz CT molecular complexity index is 223. The molecular formula is C11H20N2O2. The minimum absolute atomic E-state index is 0.0176. The molecule has 0 saturated heterocycles. The standard InChI is InChI=1S/C11H20N2O2/c1-4-6-9(2)13-11(14)10(12)7-5-8-15-3/h1,9-10H,5-8,12H2,2-3H3,(H,13,14). The minimum atomic E-state index is -0.472. The van der Waals surface area contributed by atoms with E-state index in [2.05, 4.69) is 11.2 Å². The van der Waals surface area contributed by atoms with Gasteiger partial charge in [-0.1, -0.05) is 0 Å². The van der Waals surface area contributed by atoms with Crippen LogP contribution < -0.4 is 11.1 Å². The van der Waals surface area contributed by atoms with Gasteiger partial charge in [0.2, 0.25) is 5.91 Å². The average Bonchev–Trinajstić information content (AvgIpc) is 2.18. The lowest BCUT2D eigenvalue weighted by Crippen LogP contribution is -2.44. The maximum Gasteiger partial charge on any atom is 0.237 e. The van der Waals surface area contributed by atoms with Crippen molar-refractivity contribution < 1.29 is 9.53 Å². The second kappa shape index (κ2) is 8.27. The molecule has 15 heavy (non-hydrogen) atoms. The lowest BCUT2D eigenvalue weighted by molar-refractivity contribution is -0.123. The lowest BCUT2D eigenvalue weighted by Gasteiger charge is -2.15. The first-order chi connectivity index (χ1) is 7.11. The van der Waals surface area contributed by atoms with Crippen LogP contribution in [0.25, 0.3) is 0 Å². The average molecular weight is 212 g/mol. The molecule has 86 valence electrons. The fourth-order valence-corrected chi connectivity index (χ4v) is 1.16. The van der Waals surface area contributed by atoms with Crippen LogP contribution in [0.5, 0.6) is 0 Å². The van der Waals surface area contributed by atoms with E-state index in [0.717, 1.165) is 6.42 Å². The monoisotopic (exact) mass is 212 g/mol. The van der Waals surface area contributed by atoms with Gasteiger partial charge in [0.05, 0.1) is 6.04 Å². The molecule has 3 N–H and O–H groups in total. The molecule has 0 radical (unpaired) electrons. The SMILES string of the molecule is C#CCC(C)NC(=O)C(N)CCCOC. The number of hydrogen-bond acceptors (Lipinski definition) is 3. The molecule has 4 heteroatoms. The van der Waals surface area contributed by atoms with Gasteiger partial charge in [0.15, 0.2) is 0 Å². The van der Waals surface area contributed by atoms with Gasteiger partial charge in [0.25, 0.3) is 0 Å². The van der Waals surface area contributed by atoms with Crippen LogP contribution in [0.3, 0.4) is 0 Å². The van der Waals surface area contributed by atoms with Crippen molar-refractivity contribution in [2.75, 3.05) is 13.7 Å². The summed E-state index contributed by atoms with van der Waals surface area (Å²) in [5.41, 5.74) is 5.68. The van der Waals surface area contributed by atoms with Crippen molar-refractivity contribution in [2.24, 2.45) is 5.73 Å². The van der Waals surface area contributed by atoms with Gasteiger partial charge in [-0.3, -0.25) is 4.79 Å². The second-order valence-corrected chi connectivity index (χ2v) is 3.56. The third kappa shape index (κ3) is 6.95. The number of hydrogen-bond donors (Lipinski definition) is 2. The van der Waals surface area contributed by atoms with Gasteiger partial charge < -0.3 is 15.8 Å². The van der Waals surface area contributed by atoms with E-state index in [1.165, 1.54) is 0 Å². The molecule has 4 nitrogen and oxygen atoms in total. The van der Waals surface area contributed by atoms with Gasteiger partial charge in [0.1, 0.15) is 0 Å². The number of carbonyl (C=O) groups excluding carboxylic acids is 1. The summed E-state index contributed by atoms with van der Waals surface area (Å²) in [6.45, 7) is 2.49. The summed E-state index contributed by atoms with van der Waals surface area (Å²) in [5, 5.41) is 2.76. The highest BCUT2D eigenvalue weighted by molar-refractivity contribution is 5.81. The number of terminal acetylenes is 1. The molecular weight excluding hydrogens is 192 g/mol. The van der Waals surface area contributed by atoms with E-state index in [1.807, 2.05) is 6.92 Å². The molecule has 0 aliphatic heterocycles. The minimum Gasteiger partial charge on any atom is -0.385 e. The maximum atomic E-state index is 11.5. The van der Waals surface area contributed by atoms with Crippen LogP contribution in [0.1, 0.15) is 26.2 Å². The Balaban J connectivity index is 3.74. The van der Waals surface area contributed by atoms with Gasteiger partial charge >= 0.3 is 0 Å². The molecule has 0 spiro atoms. The van der Waals surface area contributed by atoms with Gasteiger partial charge in [-0.15, -0.1) is 12.3 Å². The van der Waals surface area contributed by atoms with Crippen molar-refractivity contribution in [3.8, 4) is 12.3 Å². The van der Waals surface area contributed by atoms with Crippen LogP contribution >= 0.6 is 0 Å². The molecule has 0 aromatic carbocycles. The lowest BCUT2D eigenvalue weighted by atomic mass is 10.1. The van der Waals surface area contributed by atoms with Crippen molar-refractivity contribution in [3.05, 3.63) is 0 Å². The van der Waals surface area contributed by atoms with Crippen molar-refractivity contribution in [3.63, 3.8) is 0 Å². The normalized spacial score (nSPS) is 14.0. The predicted octanol–water partition coefficient (Wildman–Crippen LogP) is 0.268. The summed E-state index contributed by atoms with van der Waals surface area (Å²) in [7, 11) is 1.63. The molecule has 0 rings (SSSR count). The van der Waals surface area contributed by atoms with Crippen molar-refractivity contribution in [1.29, 1.82) is 0 Å². The molecule has 0 saturated carbocycles. The zero-order valence-electron chi connectivity index (χ0n) is 9.45. The second-order valence-electron chi connectivity index (χ2n) is 3.56. The van der Waals surface area contributed by atoms with Crippen LogP contribution in [0.15, 0.2) is 0 Å². The molecule has 0 aliphatic carbocycles. The first kappa shape index (κ1) is 13.9. The highest BCUT2D eigenvalue weighted by atomic mass is 16.5. The quantitative estimate of drug-likeness (QED) is 0.470. The number of methoxy groups -OCH3 is 1. The Morgan fingerprint density at radius 1 is 1.67 bits per heavy atom. The Labute approximate surface area is 91.6 Å². The van der Waals surface area contributed by atoms with Crippen molar-refractivity contribution in [2.45, 2.75) is 38.3 Å². The Morgan fingerprint density at radius 2 is 2.33 bits per heavy atom. The fraction of sp³-hybridized carbons (Fsp3) is 0.727. The fourth-order valence-electron chi connectivity index (χ4n) is 1.16. The first-order valence-corrected chi connectivity index (χ1v) is 5.10. The Hall–Kier alpha value is -1.05. The molecule has 0 heterocycles. The molecule has 2 unspecified atom stereocenters. The van der Waals surface area contributed by atoms with E-state index < -0.39 is 6.04 Å².